The fourth-order valence-corrected chi connectivity index (χ4v) is 3.64. The number of hydrazine groups is 2. The Labute approximate surface area is 138 Å². The van der Waals surface area contributed by atoms with E-state index in [0.717, 1.165) is 12.3 Å². The summed E-state index contributed by atoms with van der Waals surface area (Å²) in [4.78, 5) is 0. The summed E-state index contributed by atoms with van der Waals surface area (Å²) in [6.07, 6.45) is 9.19. The van der Waals surface area contributed by atoms with E-state index < -0.39 is 0 Å². The summed E-state index contributed by atoms with van der Waals surface area (Å²) in [7, 11) is 2.23. The number of unbranched alkanes of at least 4 members (excludes halogenated alkanes) is 3. The Kier molecular flexibility index (Phi) is 8.62. The molecule has 1 aliphatic rings. The molecule has 1 rings (SSSR count). The van der Waals surface area contributed by atoms with Crippen LogP contribution in [0.15, 0.2) is 0 Å². The number of hydrogen-bond donors (Lipinski definition) is 1. The molecule has 3 nitrogen and oxygen atoms in total. The van der Waals surface area contributed by atoms with Crippen LogP contribution in [0.1, 0.15) is 72.6 Å². The predicted octanol–water partition coefficient (Wildman–Crippen LogP) is 4.21. The number of rotatable bonds is 8. The predicted molar refractivity (Wildman–Crippen MR) is 96.6 cm³/mol. The normalized spacial score (nSPS) is 20.1. The zero-order valence-corrected chi connectivity index (χ0v) is 15.8. The van der Waals surface area contributed by atoms with Crippen molar-refractivity contribution < 1.29 is 0 Å². The number of thiol groups is 1. The smallest absolute Gasteiger partial charge is 0.0293 e. The van der Waals surface area contributed by atoms with Gasteiger partial charge in [0.2, 0.25) is 0 Å². The van der Waals surface area contributed by atoms with Crippen LogP contribution < -0.4 is 0 Å². The van der Waals surface area contributed by atoms with Crippen molar-refractivity contribution in [1.82, 2.24) is 15.1 Å². The molecule has 1 fully saturated rings. The van der Waals surface area contributed by atoms with E-state index in [-0.39, 0.29) is 5.54 Å². The van der Waals surface area contributed by atoms with Gasteiger partial charge in [0.25, 0.3) is 0 Å². The summed E-state index contributed by atoms with van der Waals surface area (Å²) in [5, 5.41) is 7.53. The van der Waals surface area contributed by atoms with Crippen molar-refractivity contribution in [1.29, 1.82) is 0 Å². The number of nitrogens with zero attached hydrogens (tertiary/aromatic N) is 3. The van der Waals surface area contributed by atoms with Crippen molar-refractivity contribution in [3.05, 3.63) is 0 Å². The minimum atomic E-state index is 0.177. The third kappa shape index (κ3) is 6.47. The van der Waals surface area contributed by atoms with Crippen LogP contribution in [0.2, 0.25) is 0 Å². The molecule has 0 amide bonds. The first-order valence-electron chi connectivity index (χ1n) is 8.76. The standard InChI is InChI=1S/C17H37N3S/c1-16(12-8-6-7-11-15-21)20(17(2,3)4)19-14-10-9-13-18(19)5/h16,21H,6-15H2,1-5H3. The first-order valence-corrected chi connectivity index (χ1v) is 9.40. The molecule has 0 spiro atoms. The van der Waals surface area contributed by atoms with Crippen molar-refractivity contribution in [3.8, 4) is 0 Å². The summed E-state index contributed by atoms with van der Waals surface area (Å²) in [6.45, 7) is 11.8. The van der Waals surface area contributed by atoms with Gasteiger partial charge in [-0.15, -0.1) is 0 Å². The van der Waals surface area contributed by atoms with Crippen LogP contribution in [0.25, 0.3) is 0 Å². The molecule has 0 N–H and O–H groups in total. The maximum Gasteiger partial charge on any atom is 0.0293 e. The maximum atomic E-state index is 4.29. The average Bonchev–Trinajstić information content (AvgIpc) is 2.39. The largest absolute Gasteiger partial charge is 0.231 e. The van der Waals surface area contributed by atoms with E-state index in [2.05, 4.69) is 62.5 Å². The quantitative estimate of drug-likeness (QED) is 0.531. The van der Waals surface area contributed by atoms with Gasteiger partial charge in [-0.3, -0.25) is 0 Å². The van der Waals surface area contributed by atoms with E-state index in [1.165, 1.54) is 51.5 Å². The fraction of sp³-hybridized carbons (Fsp3) is 1.00. The van der Waals surface area contributed by atoms with Crippen molar-refractivity contribution >= 4 is 12.6 Å². The van der Waals surface area contributed by atoms with E-state index in [0.29, 0.717) is 6.04 Å². The lowest BCUT2D eigenvalue weighted by Gasteiger charge is -2.52. The van der Waals surface area contributed by atoms with E-state index in [4.69, 9.17) is 0 Å². The lowest BCUT2D eigenvalue weighted by atomic mass is 10.0. The molecule has 21 heavy (non-hydrogen) atoms. The Bertz CT molecular complexity index is 278. The third-order valence-corrected chi connectivity index (χ3v) is 4.68. The van der Waals surface area contributed by atoms with E-state index in [1.807, 2.05) is 0 Å². The van der Waals surface area contributed by atoms with Gasteiger partial charge in [0.05, 0.1) is 0 Å². The average molecular weight is 316 g/mol. The zero-order valence-electron chi connectivity index (χ0n) is 14.9. The Morgan fingerprint density at radius 1 is 1.05 bits per heavy atom. The Morgan fingerprint density at radius 3 is 2.24 bits per heavy atom. The van der Waals surface area contributed by atoms with Gasteiger partial charge in [-0.25, -0.2) is 10.0 Å². The lowest BCUT2D eigenvalue weighted by molar-refractivity contribution is -0.240. The third-order valence-electron chi connectivity index (χ3n) is 4.37. The van der Waals surface area contributed by atoms with E-state index in [9.17, 15) is 0 Å². The second-order valence-electron chi connectivity index (χ2n) is 7.48. The molecule has 0 aromatic carbocycles. The van der Waals surface area contributed by atoms with Gasteiger partial charge in [-0.05, 0) is 59.1 Å². The molecule has 1 unspecified atom stereocenters. The van der Waals surface area contributed by atoms with Crippen LogP contribution in [0, 0.1) is 0 Å². The first-order chi connectivity index (χ1) is 9.88. The maximum absolute atomic E-state index is 4.29. The molecule has 0 saturated carbocycles. The molecule has 1 heterocycles. The monoisotopic (exact) mass is 315 g/mol. The molecule has 0 aromatic heterocycles. The van der Waals surface area contributed by atoms with Gasteiger partial charge in [-0.2, -0.15) is 17.7 Å². The van der Waals surface area contributed by atoms with Crippen LogP contribution in [0.3, 0.4) is 0 Å². The van der Waals surface area contributed by atoms with Gasteiger partial charge in [-0.1, -0.05) is 19.3 Å². The molecule has 1 saturated heterocycles. The summed E-state index contributed by atoms with van der Waals surface area (Å²) in [5.74, 6) is 1.03. The van der Waals surface area contributed by atoms with Crippen LogP contribution >= 0.6 is 12.6 Å². The SMILES string of the molecule is CC(CCCCCCS)N(N1CCCCN1C)C(C)(C)C. The minimum Gasteiger partial charge on any atom is -0.231 e. The molecule has 0 bridgehead atoms. The van der Waals surface area contributed by atoms with E-state index >= 15 is 0 Å². The highest BCUT2D eigenvalue weighted by molar-refractivity contribution is 7.80. The van der Waals surface area contributed by atoms with Crippen molar-refractivity contribution in [3.63, 3.8) is 0 Å². The molecule has 1 atom stereocenters. The van der Waals surface area contributed by atoms with Crippen LogP contribution in [0.4, 0.5) is 0 Å². The summed E-state index contributed by atoms with van der Waals surface area (Å²) < 4.78 is 0. The molecule has 4 heteroatoms. The Balaban J connectivity index is 2.56. The van der Waals surface area contributed by atoms with Crippen molar-refractivity contribution in [2.75, 3.05) is 25.9 Å². The van der Waals surface area contributed by atoms with Gasteiger partial charge in [0, 0.05) is 31.7 Å². The van der Waals surface area contributed by atoms with E-state index in [1.54, 1.807) is 0 Å². The summed E-state index contributed by atoms with van der Waals surface area (Å²) in [6, 6.07) is 0.599. The topological polar surface area (TPSA) is 9.72 Å². The summed E-state index contributed by atoms with van der Waals surface area (Å²) >= 11 is 4.29. The van der Waals surface area contributed by atoms with Gasteiger partial charge >= 0.3 is 0 Å². The highest BCUT2D eigenvalue weighted by atomic mass is 32.1. The van der Waals surface area contributed by atoms with Gasteiger partial charge in [0.15, 0.2) is 0 Å². The van der Waals surface area contributed by atoms with Crippen LogP contribution in [-0.4, -0.2) is 52.6 Å². The highest BCUT2D eigenvalue weighted by Gasteiger charge is 2.34. The molecule has 126 valence electrons. The lowest BCUT2D eigenvalue weighted by Crippen LogP contribution is -2.63. The molecule has 0 aromatic rings. The Hall–Kier alpha value is 0.230. The second-order valence-corrected chi connectivity index (χ2v) is 7.92. The van der Waals surface area contributed by atoms with Gasteiger partial charge < -0.3 is 0 Å². The van der Waals surface area contributed by atoms with Crippen molar-refractivity contribution in [2.24, 2.45) is 0 Å². The van der Waals surface area contributed by atoms with Crippen LogP contribution in [0.5, 0.6) is 0 Å². The molecule has 1 aliphatic heterocycles. The minimum absolute atomic E-state index is 0.177. The molecule has 0 radical (unpaired) electrons. The Morgan fingerprint density at radius 2 is 1.67 bits per heavy atom. The zero-order chi connectivity index (χ0) is 15.9. The first kappa shape index (κ1) is 19.3. The summed E-state index contributed by atoms with van der Waals surface area (Å²) in [5.41, 5.74) is 0.177. The second kappa shape index (κ2) is 9.39. The highest BCUT2D eigenvalue weighted by Crippen LogP contribution is 2.26. The molecule has 0 aliphatic carbocycles. The van der Waals surface area contributed by atoms with Crippen LogP contribution in [-0.2, 0) is 0 Å². The fourth-order valence-electron chi connectivity index (χ4n) is 3.41. The molecular weight excluding hydrogens is 278 g/mol. The van der Waals surface area contributed by atoms with Crippen molar-refractivity contribution in [2.45, 2.75) is 84.2 Å². The number of hydrogen-bond acceptors (Lipinski definition) is 4. The molecular formula is C17H37N3S. The van der Waals surface area contributed by atoms with Gasteiger partial charge in [0.1, 0.15) is 0 Å².